The smallest absolute Gasteiger partial charge is 0.282 e. The van der Waals surface area contributed by atoms with Gasteiger partial charge in [-0.05, 0) is 45.4 Å². The molecule has 2 heterocycles. The molecule has 4 rings (SSSR count). The van der Waals surface area contributed by atoms with E-state index in [1.807, 2.05) is 4.68 Å². The Morgan fingerprint density at radius 1 is 1.10 bits per heavy atom. The van der Waals surface area contributed by atoms with Gasteiger partial charge in [0, 0.05) is 25.3 Å². The van der Waals surface area contributed by atoms with Crippen molar-refractivity contribution in [2.24, 2.45) is 7.05 Å². The molecule has 0 radical (unpaired) electrons. The zero-order valence-corrected chi connectivity index (χ0v) is 16.9. The normalized spacial score (nSPS) is 21.6. The molecule has 2 amide bonds. The van der Waals surface area contributed by atoms with Crippen molar-refractivity contribution in [1.82, 2.24) is 35.4 Å². The summed E-state index contributed by atoms with van der Waals surface area (Å²) in [5.74, 6) is -0.949. The van der Waals surface area contributed by atoms with Crippen molar-refractivity contribution >= 4 is 11.8 Å². The lowest BCUT2D eigenvalue weighted by atomic mass is 9.93. The van der Waals surface area contributed by atoms with Crippen LogP contribution in [0.3, 0.4) is 0 Å². The molecule has 2 atom stereocenters. The van der Waals surface area contributed by atoms with Crippen LogP contribution in [0.5, 0.6) is 0 Å². The van der Waals surface area contributed by atoms with Gasteiger partial charge in [0.15, 0.2) is 5.69 Å². The highest BCUT2D eigenvalue weighted by Crippen LogP contribution is 2.31. The lowest BCUT2D eigenvalue weighted by Crippen LogP contribution is -2.48. The fourth-order valence-corrected chi connectivity index (χ4v) is 4.10. The van der Waals surface area contributed by atoms with Crippen LogP contribution in [0, 0.1) is 6.92 Å². The van der Waals surface area contributed by atoms with E-state index in [4.69, 9.17) is 0 Å². The highest BCUT2D eigenvalue weighted by molar-refractivity contribution is 5.96. The first-order valence-electron chi connectivity index (χ1n) is 10.2. The number of amides is 2. The summed E-state index contributed by atoms with van der Waals surface area (Å²) in [4.78, 5) is 25.3. The zero-order chi connectivity index (χ0) is 21.4. The number of aromatic nitrogens is 5. The second-order valence-electron chi connectivity index (χ2n) is 8.03. The second kappa shape index (κ2) is 8.11. The highest BCUT2D eigenvalue weighted by Gasteiger charge is 2.33. The predicted molar refractivity (Wildman–Crippen MR) is 102 cm³/mol. The number of carbonyl (C=O) groups excluding carboxylic acids is 2. The van der Waals surface area contributed by atoms with E-state index in [1.54, 1.807) is 13.1 Å². The third-order valence-electron chi connectivity index (χ3n) is 6.05. The van der Waals surface area contributed by atoms with Crippen LogP contribution in [0.1, 0.15) is 83.2 Å². The molecule has 0 saturated heterocycles. The molecule has 2 saturated carbocycles. The van der Waals surface area contributed by atoms with Crippen molar-refractivity contribution in [2.45, 2.75) is 70.0 Å². The third-order valence-corrected chi connectivity index (χ3v) is 6.05. The quantitative estimate of drug-likeness (QED) is 0.743. The number of carbonyl (C=O) groups is 2. The Balaban J connectivity index is 1.42. The van der Waals surface area contributed by atoms with Crippen LogP contribution in [0.25, 0.3) is 0 Å². The predicted octanol–water partition coefficient (Wildman–Crippen LogP) is 2.06. The van der Waals surface area contributed by atoms with Gasteiger partial charge < -0.3 is 10.6 Å². The number of nitrogens with one attached hydrogen (secondary N) is 2. The number of alkyl halides is 2. The van der Waals surface area contributed by atoms with E-state index in [0.29, 0.717) is 30.1 Å². The molecule has 2 aromatic heterocycles. The van der Waals surface area contributed by atoms with Gasteiger partial charge in [-0.2, -0.15) is 5.10 Å². The Hall–Kier alpha value is -2.85. The molecule has 30 heavy (non-hydrogen) atoms. The van der Waals surface area contributed by atoms with Gasteiger partial charge in [0.1, 0.15) is 5.69 Å². The van der Waals surface area contributed by atoms with E-state index in [-0.39, 0.29) is 23.7 Å². The summed E-state index contributed by atoms with van der Waals surface area (Å²) >= 11 is 0. The minimum Gasteiger partial charge on any atom is -0.347 e. The Morgan fingerprint density at radius 2 is 1.73 bits per heavy atom. The van der Waals surface area contributed by atoms with Gasteiger partial charge in [0.05, 0.1) is 17.3 Å². The molecule has 0 aliphatic heterocycles. The molecule has 2 aliphatic rings. The van der Waals surface area contributed by atoms with Crippen molar-refractivity contribution in [3.63, 3.8) is 0 Å². The maximum absolute atomic E-state index is 13.2. The maximum atomic E-state index is 13.2. The average molecular weight is 421 g/mol. The summed E-state index contributed by atoms with van der Waals surface area (Å²) in [7, 11) is 1.32. The van der Waals surface area contributed by atoms with Crippen molar-refractivity contribution < 1.29 is 18.4 Å². The molecule has 2 aliphatic carbocycles. The molecular formula is C19H25F2N7O2. The van der Waals surface area contributed by atoms with Crippen LogP contribution in [0.2, 0.25) is 0 Å². The summed E-state index contributed by atoms with van der Waals surface area (Å²) in [6.45, 7) is 1.80. The molecule has 162 valence electrons. The van der Waals surface area contributed by atoms with Gasteiger partial charge in [0.25, 0.3) is 18.2 Å². The standard InChI is InChI=1S/C19H25F2N7O2/c1-10-12(9-28(25-10)11-5-3-6-11)18(29)22-13-7-4-8-14(13)23-19(30)15-16(17(20)21)27(2)26-24-15/h9,11,13-14,17H,3-8H2,1-2H3,(H,22,29)(H,23,30)/t13-,14-/m1/s1. The molecule has 9 nitrogen and oxygen atoms in total. The van der Waals surface area contributed by atoms with E-state index in [1.165, 1.54) is 13.5 Å². The summed E-state index contributed by atoms with van der Waals surface area (Å²) in [6.07, 6.45) is 4.37. The van der Waals surface area contributed by atoms with Crippen molar-refractivity contribution in [2.75, 3.05) is 0 Å². The van der Waals surface area contributed by atoms with Crippen LogP contribution < -0.4 is 10.6 Å². The molecule has 2 N–H and O–H groups in total. The third kappa shape index (κ3) is 3.80. The van der Waals surface area contributed by atoms with E-state index in [2.05, 4.69) is 26.0 Å². The van der Waals surface area contributed by atoms with Gasteiger partial charge in [-0.1, -0.05) is 5.21 Å². The van der Waals surface area contributed by atoms with Gasteiger partial charge in [0.2, 0.25) is 0 Å². The molecule has 2 fully saturated rings. The fourth-order valence-electron chi connectivity index (χ4n) is 4.10. The van der Waals surface area contributed by atoms with Crippen LogP contribution in [0.4, 0.5) is 8.78 Å². The number of hydrogen-bond acceptors (Lipinski definition) is 5. The molecule has 11 heteroatoms. The van der Waals surface area contributed by atoms with Crippen molar-refractivity contribution in [1.29, 1.82) is 0 Å². The second-order valence-corrected chi connectivity index (χ2v) is 8.03. The Bertz CT molecular complexity index is 951. The summed E-state index contributed by atoms with van der Waals surface area (Å²) in [5.41, 5.74) is 0.277. The van der Waals surface area contributed by atoms with Gasteiger partial charge in [-0.25, -0.2) is 13.5 Å². The number of aryl methyl sites for hydroxylation is 2. The van der Waals surface area contributed by atoms with E-state index in [0.717, 1.165) is 23.9 Å². The van der Waals surface area contributed by atoms with Crippen molar-refractivity contribution in [3.05, 3.63) is 28.8 Å². The van der Waals surface area contributed by atoms with Gasteiger partial charge in [-0.3, -0.25) is 14.3 Å². The van der Waals surface area contributed by atoms with Crippen LogP contribution >= 0.6 is 0 Å². The first-order valence-corrected chi connectivity index (χ1v) is 10.2. The van der Waals surface area contributed by atoms with Crippen molar-refractivity contribution in [3.8, 4) is 0 Å². The van der Waals surface area contributed by atoms with E-state index < -0.39 is 18.0 Å². The minimum atomic E-state index is -2.86. The highest BCUT2D eigenvalue weighted by atomic mass is 19.3. The molecule has 0 spiro atoms. The molecular weight excluding hydrogens is 396 g/mol. The number of nitrogens with zero attached hydrogens (tertiary/aromatic N) is 5. The summed E-state index contributed by atoms with van der Waals surface area (Å²) < 4.78 is 29.2. The molecule has 0 aromatic carbocycles. The largest absolute Gasteiger partial charge is 0.347 e. The van der Waals surface area contributed by atoms with Crippen LogP contribution in [-0.2, 0) is 7.05 Å². The molecule has 0 unspecified atom stereocenters. The maximum Gasteiger partial charge on any atom is 0.282 e. The molecule has 0 bridgehead atoms. The number of hydrogen-bond donors (Lipinski definition) is 2. The van der Waals surface area contributed by atoms with E-state index in [9.17, 15) is 18.4 Å². The Kier molecular flexibility index (Phi) is 5.52. The first kappa shape index (κ1) is 20.4. The van der Waals surface area contributed by atoms with Gasteiger partial charge in [-0.15, -0.1) is 5.10 Å². The van der Waals surface area contributed by atoms with E-state index >= 15 is 0 Å². The fraction of sp³-hybridized carbons (Fsp3) is 0.632. The first-order chi connectivity index (χ1) is 14.3. The summed E-state index contributed by atoms with van der Waals surface area (Å²) in [6, 6.07) is -0.296. The monoisotopic (exact) mass is 421 g/mol. The van der Waals surface area contributed by atoms with Gasteiger partial charge >= 0.3 is 0 Å². The number of halogens is 2. The summed E-state index contributed by atoms with van der Waals surface area (Å²) in [5, 5.41) is 17.3. The topological polar surface area (TPSA) is 107 Å². The SMILES string of the molecule is Cc1nn(C2CCC2)cc1C(=O)N[C@@H]1CCC[C@H]1NC(=O)c1nnn(C)c1C(F)F. The average Bonchev–Trinajstić information content (AvgIpc) is 3.33. The molecule has 2 aromatic rings. The number of rotatable bonds is 6. The lowest BCUT2D eigenvalue weighted by molar-refractivity contribution is 0.0880. The van der Waals surface area contributed by atoms with Crippen LogP contribution in [-0.4, -0.2) is 48.7 Å². The Labute approximate surface area is 172 Å². The zero-order valence-electron chi connectivity index (χ0n) is 16.9. The minimum absolute atomic E-state index is 0.239. The lowest BCUT2D eigenvalue weighted by Gasteiger charge is -2.25. The Morgan fingerprint density at radius 3 is 2.33 bits per heavy atom. The van der Waals surface area contributed by atoms with Crippen LogP contribution in [0.15, 0.2) is 6.20 Å².